The van der Waals surface area contributed by atoms with Gasteiger partial charge in [0.2, 0.25) is 10.0 Å². The summed E-state index contributed by atoms with van der Waals surface area (Å²) < 4.78 is 22.3. The number of primary sulfonamides is 1. The lowest BCUT2D eigenvalue weighted by Gasteiger charge is -2.10. The van der Waals surface area contributed by atoms with Crippen LogP contribution in [0.25, 0.3) is 0 Å². The average Bonchev–Trinajstić information content (AvgIpc) is 2.46. The Kier molecular flexibility index (Phi) is 5.18. The van der Waals surface area contributed by atoms with Crippen LogP contribution in [0.4, 0.5) is 5.69 Å². The van der Waals surface area contributed by atoms with Gasteiger partial charge in [-0.25, -0.2) is 13.6 Å². The summed E-state index contributed by atoms with van der Waals surface area (Å²) in [6.07, 6.45) is 0. The SMILES string of the molecule is CC(C)c1cccc(NC(=O)c2cccc(CS(N)(=O)=O)c2)c1. The molecule has 5 nitrogen and oxygen atoms in total. The first-order valence-electron chi connectivity index (χ1n) is 7.25. The van der Waals surface area contributed by atoms with E-state index in [1.165, 1.54) is 6.07 Å². The number of anilines is 1. The molecule has 0 bridgehead atoms. The second kappa shape index (κ2) is 6.93. The zero-order chi connectivity index (χ0) is 17.0. The Bertz CT molecular complexity index is 814. The molecule has 0 aliphatic heterocycles. The molecule has 0 aliphatic rings. The van der Waals surface area contributed by atoms with E-state index in [0.717, 1.165) is 5.56 Å². The van der Waals surface area contributed by atoms with Gasteiger partial charge >= 0.3 is 0 Å². The van der Waals surface area contributed by atoms with Crippen LogP contribution in [-0.4, -0.2) is 14.3 Å². The summed E-state index contributed by atoms with van der Waals surface area (Å²) in [6, 6.07) is 14.1. The maximum absolute atomic E-state index is 12.3. The van der Waals surface area contributed by atoms with Crippen molar-refractivity contribution < 1.29 is 13.2 Å². The molecule has 1 amide bonds. The average molecular weight is 332 g/mol. The van der Waals surface area contributed by atoms with Crippen molar-refractivity contribution in [3.05, 3.63) is 65.2 Å². The Labute approximate surface area is 136 Å². The van der Waals surface area contributed by atoms with Crippen molar-refractivity contribution in [3.63, 3.8) is 0 Å². The molecule has 3 N–H and O–H groups in total. The Balaban J connectivity index is 2.18. The third-order valence-electron chi connectivity index (χ3n) is 3.37. The molecule has 0 saturated carbocycles. The number of rotatable bonds is 5. The van der Waals surface area contributed by atoms with Crippen LogP contribution in [0.3, 0.4) is 0 Å². The lowest BCUT2D eigenvalue weighted by Crippen LogP contribution is -2.16. The van der Waals surface area contributed by atoms with Crippen LogP contribution in [0, 0.1) is 0 Å². The molecule has 0 spiro atoms. The number of benzene rings is 2. The molecule has 0 unspecified atom stereocenters. The van der Waals surface area contributed by atoms with Gasteiger partial charge in [0, 0.05) is 11.3 Å². The first kappa shape index (κ1) is 17.2. The van der Waals surface area contributed by atoms with E-state index in [-0.39, 0.29) is 11.7 Å². The second-order valence-corrected chi connectivity index (χ2v) is 7.36. The largest absolute Gasteiger partial charge is 0.322 e. The zero-order valence-electron chi connectivity index (χ0n) is 13.1. The van der Waals surface area contributed by atoms with Gasteiger partial charge in [0.25, 0.3) is 5.91 Å². The molecule has 0 radical (unpaired) electrons. The van der Waals surface area contributed by atoms with Gasteiger partial charge < -0.3 is 5.32 Å². The lowest BCUT2D eigenvalue weighted by atomic mass is 10.0. The predicted octanol–water partition coefficient (Wildman–Crippen LogP) is 2.85. The van der Waals surface area contributed by atoms with Crippen LogP contribution >= 0.6 is 0 Å². The van der Waals surface area contributed by atoms with Crippen molar-refractivity contribution >= 4 is 21.6 Å². The third kappa shape index (κ3) is 5.19. The highest BCUT2D eigenvalue weighted by molar-refractivity contribution is 7.88. The van der Waals surface area contributed by atoms with Gasteiger partial charge in [-0.3, -0.25) is 4.79 Å². The summed E-state index contributed by atoms with van der Waals surface area (Å²) in [5, 5.41) is 7.86. The molecule has 0 fully saturated rings. The summed E-state index contributed by atoms with van der Waals surface area (Å²) in [5.41, 5.74) is 2.71. The molecule has 6 heteroatoms. The van der Waals surface area contributed by atoms with Gasteiger partial charge in [0.1, 0.15) is 0 Å². The highest BCUT2D eigenvalue weighted by atomic mass is 32.2. The molecule has 2 aromatic rings. The Morgan fingerprint density at radius 1 is 1.13 bits per heavy atom. The van der Waals surface area contributed by atoms with Gasteiger partial charge in [-0.05, 0) is 41.3 Å². The van der Waals surface area contributed by atoms with Gasteiger partial charge in [0.15, 0.2) is 0 Å². The van der Waals surface area contributed by atoms with Gasteiger partial charge in [-0.1, -0.05) is 38.1 Å². The summed E-state index contributed by atoms with van der Waals surface area (Å²) in [5.74, 6) is -0.219. The Morgan fingerprint density at radius 3 is 2.48 bits per heavy atom. The molecule has 0 atom stereocenters. The van der Waals surface area contributed by atoms with Crippen molar-refractivity contribution in [2.24, 2.45) is 5.14 Å². The van der Waals surface area contributed by atoms with Crippen LogP contribution in [-0.2, 0) is 15.8 Å². The fourth-order valence-corrected chi connectivity index (χ4v) is 2.86. The van der Waals surface area contributed by atoms with Gasteiger partial charge in [-0.2, -0.15) is 0 Å². The molecule has 0 heterocycles. The van der Waals surface area contributed by atoms with Crippen molar-refractivity contribution in [3.8, 4) is 0 Å². The standard InChI is InChI=1S/C17H20N2O3S/c1-12(2)14-6-4-8-16(10-14)19-17(20)15-7-3-5-13(9-15)11-23(18,21)22/h3-10,12H,11H2,1-2H3,(H,19,20)(H2,18,21,22). The monoisotopic (exact) mass is 332 g/mol. The summed E-state index contributed by atoms with van der Waals surface area (Å²) in [6.45, 7) is 4.16. The number of carbonyl (C=O) groups is 1. The zero-order valence-corrected chi connectivity index (χ0v) is 13.9. The van der Waals surface area contributed by atoms with Gasteiger partial charge in [-0.15, -0.1) is 0 Å². The van der Waals surface area contributed by atoms with E-state index >= 15 is 0 Å². The van der Waals surface area contributed by atoms with E-state index in [2.05, 4.69) is 19.2 Å². The van der Waals surface area contributed by atoms with Crippen molar-refractivity contribution in [2.75, 3.05) is 5.32 Å². The first-order valence-corrected chi connectivity index (χ1v) is 8.97. The molecule has 0 saturated heterocycles. The maximum Gasteiger partial charge on any atom is 0.255 e. The number of nitrogens with two attached hydrogens (primary N) is 1. The Hall–Kier alpha value is -2.18. The Morgan fingerprint density at radius 2 is 1.83 bits per heavy atom. The maximum atomic E-state index is 12.3. The quantitative estimate of drug-likeness (QED) is 0.882. The molecule has 0 aromatic heterocycles. The highest BCUT2D eigenvalue weighted by Gasteiger charge is 2.10. The number of hydrogen-bond donors (Lipinski definition) is 2. The van der Waals surface area contributed by atoms with Crippen LogP contribution in [0.2, 0.25) is 0 Å². The van der Waals surface area contributed by atoms with E-state index < -0.39 is 10.0 Å². The van der Waals surface area contributed by atoms with Crippen LogP contribution < -0.4 is 10.5 Å². The predicted molar refractivity (Wildman–Crippen MR) is 91.7 cm³/mol. The summed E-state index contributed by atoms with van der Waals surface area (Å²) in [7, 11) is -3.63. The number of hydrogen-bond acceptors (Lipinski definition) is 3. The molecule has 122 valence electrons. The molecular weight excluding hydrogens is 312 g/mol. The van der Waals surface area contributed by atoms with Gasteiger partial charge in [0.05, 0.1) is 5.75 Å². The van der Waals surface area contributed by atoms with E-state index in [1.807, 2.05) is 24.3 Å². The third-order valence-corrected chi connectivity index (χ3v) is 4.10. The van der Waals surface area contributed by atoms with E-state index in [1.54, 1.807) is 18.2 Å². The lowest BCUT2D eigenvalue weighted by molar-refractivity contribution is 0.102. The van der Waals surface area contributed by atoms with Crippen molar-refractivity contribution in [2.45, 2.75) is 25.5 Å². The molecule has 0 aliphatic carbocycles. The van der Waals surface area contributed by atoms with Crippen molar-refractivity contribution in [1.82, 2.24) is 0 Å². The van der Waals surface area contributed by atoms with Crippen molar-refractivity contribution in [1.29, 1.82) is 0 Å². The molecular formula is C17H20N2O3S. The van der Waals surface area contributed by atoms with Crippen LogP contribution in [0.1, 0.15) is 41.3 Å². The number of sulfonamides is 1. The fraction of sp³-hybridized carbons (Fsp3) is 0.235. The number of amides is 1. The number of carbonyl (C=O) groups excluding carboxylic acids is 1. The summed E-state index contributed by atoms with van der Waals surface area (Å²) >= 11 is 0. The van der Waals surface area contributed by atoms with Crippen LogP contribution in [0.5, 0.6) is 0 Å². The normalized spacial score (nSPS) is 11.5. The van der Waals surface area contributed by atoms with E-state index in [9.17, 15) is 13.2 Å². The number of nitrogens with one attached hydrogen (secondary N) is 1. The second-order valence-electron chi connectivity index (χ2n) is 5.74. The first-order chi connectivity index (χ1) is 10.7. The minimum Gasteiger partial charge on any atom is -0.322 e. The minimum absolute atomic E-state index is 0.290. The highest BCUT2D eigenvalue weighted by Crippen LogP contribution is 2.19. The molecule has 23 heavy (non-hydrogen) atoms. The molecule has 2 aromatic carbocycles. The topological polar surface area (TPSA) is 89.3 Å². The summed E-state index contributed by atoms with van der Waals surface area (Å²) in [4.78, 5) is 12.3. The van der Waals surface area contributed by atoms with E-state index in [4.69, 9.17) is 5.14 Å². The fourth-order valence-electron chi connectivity index (χ4n) is 2.21. The smallest absolute Gasteiger partial charge is 0.255 e. The van der Waals surface area contributed by atoms with Crippen LogP contribution in [0.15, 0.2) is 48.5 Å². The molecule has 2 rings (SSSR count). The minimum atomic E-state index is -3.63. The van der Waals surface area contributed by atoms with E-state index in [0.29, 0.717) is 22.7 Å².